The van der Waals surface area contributed by atoms with E-state index >= 15 is 0 Å². The van der Waals surface area contributed by atoms with Crippen molar-refractivity contribution < 1.29 is 24.2 Å². The fourth-order valence-electron chi connectivity index (χ4n) is 2.49. The van der Waals surface area contributed by atoms with E-state index in [1.54, 1.807) is 24.5 Å². The summed E-state index contributed by atoms with van der Waals surface area (Å²) in [4.78, 5) is 29.5. The van der Waals surface area contributed by atoms with Crippen LogP contribution >= 0.6 is 0 Å². The molecule has 2 heterocycles. The zero-order valence-corrected chi connectivity index (χ0v) is 12.6. The van der Waals surface area contributed by atoms with Crippen LogP contribution in [0.4, 0.5) is 0 Å². The summed E-state index contributed by atoms with van der Waals surface area (Å²) in [6, 6.07) is 2.75. The molecule has 0 saturated heterocycles. The van der Waals surface area contributed by atoms with Crippen LogP contribution in [0.3, 0.4) is 0 Å². The SMILES string of the molecule is COC(CN1C(=O)C(O)=C(C(C)=O)C1c1cccnc1)OC. The number of methoxy groups -OCH3 is 2. The van der Waals surface area contributed by atoms with Gasteiger partial charge in [-0.05, 0) is 18.6 Å². The number of aliphatic hydroxyl groups excluding tert-OH is 1. The maximum Gasteiger partial charge on any atom is 0.290 e. The van der Waals surface area contributed by atoms with E-state index in [0.29, 0.717) is 5.56 Å². The number of aromatic nitrogens is 1. The Hall–Kier alpha value is -2.25. The van der Waals surface area contributed by atoms with Crippen molar-refractivity contribution in [1.82, 2.24) is 9.88 Å². The average Bonchev–Trinajstić information content (AvgIpc) is 2.77. The predicted molar refractivity (Wildman–Crippen MR) is 76.8 cm³/mol. The highest BCUT2D eigenvalue weighted by Crippen LogP contribution is 2.37. The molecule has 2 rings (SSSR count). The van der Waals surface area contributed by atoms with Crippen molar-refractivity contribution in [2.45, 2.75) is 19.3 Å². The van der Waals surface area contributed by atoms with Gasteiger partial charge in [0, 0.05) is 26.6 Å². The zero-order valence-electron chi connectivity index (χ0n) is 12.6. The fraction of sp³-hybridized carbons (Fsp3) is 0.400. The molecule has 1 aromatic rings. The zero-order chi connectivity index (χ0) is 16.3. The fourth-order valence-corrected chi connectivity index (χ4v) is 2.49. The topological polar surface area (TPSA) is 89.0 Å². The lowest BCUT2D eigenvalue weighted by molar-refractivity contribution is -0.144. The number of hydrogen-bond donors (Lipinski definition) is 1. The number of carbonyl (C=O) groups is 2. The van der Waals surface area contributed by atoms with E-state index in [1.165, 1.54) is 26.0 Å². The molecule has 0 radical (unpaired) electrons. The molecule has 1 atom stereocenters. The molecule has 0 aromatic carbocycles. The molecule has 0 fully saturated rings. The first-order valence-corrected chi connectivity index (χ1v) is 6.71. The van der Waals surface area contributed by atoms with Crippen LogP contribution in [0.5, 0.6) is 0 Å². The van der Waals surface area contributed by atoms with E-state index < -0.39 is 24.0 Å². The van der Waals surface area contributed by atoms with E-state index in [4.69, 9.17) is 9.47 Å². The molecule has 0 aliphatic carbocycles. The summed E-state index contributed by atoms with van der Waals surface area (Å²) >= 11 is 0. The minimum Gasteiger partial charge on any atom is -0.503 e. The van der Waals surface area contributed by atoms with Gasteiger partial charge in [-0.25, -0.2) is 0 Å². The monoisotopic (exact) mass is 306 g/mol. The van der Waals surface area contributed by atoms with Crippen molar-refractivity contribution in [2.75, 3.05) is 20.8 Å². The first kappa shape index (κ1) is 16.1. The summed E-state index contributed by atoms with van der Waals surface area (Å²) in [6.45, 7) is 1.39. The van der Waals surface area contributed by atoms with Gasteiger partial charge in [-0.3, -0.25) is 14.6 Å². The third-order valence-corrected chi connectivity index (χ3v) is 3.55. The summed E-state index contributed by atoms with van der Waals surface area (Å²) in [5.41, 5.74) is 0.694. The minimum atomic E-state index is -0.702. The first-order valence-electron chi connectivity index (χ1n) is 6.71. The van der Waals surface area contributed by atoms with Gasteiger partial charge in [0.2, 0.25) is 0 Å². The molecule has 22 heavy (non-hydrogen) atoms. The summed E-state index contributed by atoms with van der Waals surface area (Å²) in [5, 5.41) is 10.1. The van der Waals surface area contributed by atoms with E-state index in [9.17, 15) is 14.7 Å². The van der Waals surface area contributed by atoms with Crippen molar-refractivity contribution >= 4 is 11.7 Å². The number of amides is 1. The molecule has 1 aromatic heterocycles. The maximum absolute atomic E-state index is 12.3. The molecular formula is C15H18N2O5. The molecule has 0 saturated carbocycles. The van der Waals surface area contributed by atoms with Gasteiger partial charge >= 0.3 is 0 Å². The molecule has 7 nitrogen and oxygen atoms in total. The second kappa shape index (κ2) is 6.67. The Morgan fingerprint density at radius 1 is 1.45 bits per heavy atom. The summed E-state index contributed by atoms with van der Waals surface area (Å²) in [7, 11) is 2.90. The molecule has 1 aliphatic heterocycles. The van der Waals surface area contributed by atoms with Crippen molar-refractivity contribution in [1.29, 1.82) is 0 Å². The van der Waals surface area contributed by atoms with Crippen LogP contribution in [0.2, 0.25) is 0 Å². The summed E-state index contributed by atoms with van der Waals surface area (Å²) in [6.07, 6.45) is 2.48. The largest absolute Gasteiger partial charge is 0.503 e. The van der Waals surface area contributed by atoms with Crippen molar-refractivity contribution in [3.05, 3.63) is 41.4 Å². The highest BCUT2D eigenvalue weighted by Gasteiger charge is 2.43. The van der Waals surface area contributed by atoms with Gasteiger partial charge in [0.05, 0.1) is 18.2 Å². The average molecular weight is 306 g/mol. The standard InChI is InChI=1S/C15H18N2O5/c1-9(18)12-13(10-5-4-6-16-7-10)17(15(20)14(12)19)8-11(21-2)22-3/h4-7,11,13,19H,8H2,1-3H3. The molecule has 0 bridgehead atoms. The molecule has 1 N–H and O–H groups in total. The molecule has 1 unspecified atom stereocenters. The minimum absolute atomic E-state index is 0.0592. The van der Waals surface area contributed by atoms with E-state index in [2.05, 4.69) is 4.98 Å². The van der Waals surface area contributed by atoms with Gasteiger partial charge in [0.25, 0.3) is 5.91 Å². The smallest absolute Gasteiger partial charge is 0.290 e. The summed E-state index contributed by atoms with van der Waals surface area (Å²) in [5.74, 6) is -1.53. The van der Waals surface area contributed by atoms with Crippen LogP contribution in [0.15, 0.2) is 35.9 Å². The first-order chi connectivity index (χ1) is 10.5. The molecule has 1 aliphatic rings. The van der Waals surface area contributed by atoms with E-state index in [1.807, 2.05) is 0 Å². The Bertz CT molecular complexity index is 595. The number of pyridine rings is 1. The lowest BCUT2D eigenvalue weighted by atomic mass is 9.98. The number of Topliss-reactive ketones (excluding diaryl/α,β-unsaturated/α-hetero) is 1. The van der Waals surface area contributed by atoms with Crippen molar-refractivity contribution in [3.8, 4) is 0 Å². The van der Waals surface area contributed by atoms with Crippen LogP contribution in [-0.2, 0) is 19.1 Å². The molecule has 118 valence electrons. The Balaban J connectivity index is 2.44. The Morgan fingerprint density at radius 3 is 2.64 bits per heavy atom. The number of hydrogen-bond acceptors (Lipinski definition) is 6. The number of rotatable bonds is 6. The second-order valence-corrected chi connectivity index (χ2v) is 4.87. The van der Waals surface area contributed by atoms with Crippen LogP contribution in [0.1, 0.15) is 18.5 Å². The van der Waals surface area contributed by atoms with Gasteiger partial charge in [0.15, 0.2) is 17.8 Å². The number of carbonyl (C=O) groups excluding carboxylic acids is 2. The van der Waals surface area contributed by atoms with Crippen molar-refractivity contribution in [3.63, 3.8) is 0 Å². The van der Waals surface area contributed by atoms with Crippen LogP contribution in [0.25, 0.3) is 0 Å². The highest BCUT2D eigenvalue weighted by atomic mass is 16.7. The van der Waals surface area contributed by atoms with Crippen LogP contribution in [-0.4, -0.2) is 53.7 Å². The predicted octanol–water partition coefficient (Wildman–Crippen LogP) is 0.985. The third kappa shape index (κ3) is 2.86. The number of ketones is 1. The lowest BCUT2D eigenvalue weighted by Crippen LogP contribution is -2.38. The van der Waals surface area contributed by atoms with Gasteiger partial charge in [-0.2, -0.15) is 0 Å². The Morgan fingerprint density at radius 2 is 2.14 bits per heavy atom. The highest BCUT2D eigenvalue weighted by molar-refractivity contribution is 6.08. The number of aliphatic hydroxyl groups is 1. The lowest BCUT2D eigenvalue weighted by Gasteiger charge is -2.28. The Labute approximate surface area is 128 Å². The van der Waals surface area contributed by atoms with Gasteiger partial charge in [-0.15, -0.1) is 0 Å². The molecule has 1 amide bonds. The van der Waals surface area contributed by atoms with Crippen LogP contribution in [0, 0.1) is 0 Å². The maximum atomic E-state index is 12.3. The van der Waals surface area contributed by atoms with Gasteiger partial charge in [-0.1, -0.05) is 6.07 Å². The normalized spacial score (nSPS) is 18.5. The molecule has 7 heteroatoms. The second-order valence-electron chi connectivity index (χ2n) is 4.87. The number of ether oxygens (including phenoxy) is 2. The van der Waals surface area contributed by atoms with Gasteiger partial charge < -0.3 is 19.5 Å². The quantitative estimate of drug-likeness (QED) is 0.788. The van der Waals surface area contributed by atoms with E-state index in [-0.39, 0.29) is 17.9 Å². The van der Waals surface area contributed by atoms with Crippen LogP contribution < -0.4 is 0 Å². The molecule has 0 spiro atoms. The van der Waals surface area contributed by atoms with Crippen molar-refractivity contribution in [2.24, 2.45) is 0 Å². The summed E-state index contributed by atoms with van der Waals surface area (Å²) < 4.78 is 10.2. The Kier molecular flexibility index (Phi) is 4.89. The molecular weight excluding hydrogens is 288 g/mol. The van der Waals surface area contributed by atoms with Gasteiger partial charge in [0.1, 0.15) is 0 Å². The number of nitrogens with zero attached hydrogens (tertiary/aromatic N) is 2. The third-order valence-electron chi connectivity index (χ3n) is 3.55. The van der Waals surface area contributed by atoms with E-state index in [0.717, 1.165) is 0 Å².